The molecule has 2 aromatic rings. The molecule has 0 spiro atoms. The lowest BCUT2D eigenvalue weighted by Gasteiger charge is -2.22. The number of amides is 1. The van der Waals surface area contributed by atoms with E-state index in [9.17, 15) is 4.79 Å². The highest BCUT2D eigenvalue weighted by molar-refractivity contribution is 5.97. The van der Waals surface area contributed by atoms with Crippen molar-refractivity contribution in [3.63, 3.8) is 0 Å². The SMILES string of the molecule is CC(Cn1ccnc1)Nc1cc2c(cc1N)OCC(=O)N2. The Kier molecular flexibility index (Phi) is 3.39. The molecule has 0 aliphatic carbocycles. The minimum absolute atomic E-state index is 0.0241. The first-order chi connectivity index (χ1) is 10.1. The molecular weight excluding hydrogens is 270 g/mol. The third-order valence-corrected chi connectivity index (χ3v) is 3.23. The van der Waals surface area contributed by atoms with Crippen molar-refractivity contribution in [3.8, 4) is 5.75 Å². The molecule has 2 heterocycles. The topological polar surface area (TPSA) is 94.2 Å². The summed E-state index contributed by atoms with van der Waals surface area (Å²) in [5.41, 5.74) is 8.02. The van der Waals surface area contributed by atoms with Crippen LogP contribution in [-0.4, -0.2) is 28.1 Å². The normalized spacial score (nSPS) is 14.8. The van der Waals surface area contributed by atoms with Crippen LogP contribution in [0.15, 0.2) is 30.9 Å². The summed E-state index contributed by atoms with van der Waals surface area (Å²) in [4.78, 5) is 15.4. The van der Waals surface area contributed by atoms with Gasteiger partial charge in [-0.15, -0.1) is 0 Å². The van der Waals surface area contributed by atoms with Crippen LogP contribution in [0.25, 0.3) is 0 Å². The fraction of sp³-hybridized carbons (Fsp3) is 0.286. The lowest BCUT2D eigenvalue weighted by molar-refractivity contribution is -0.118. The number of fused-ring (bicyclic) bond motifs is 1. The van der Waals surface area contributed by atoms with Gasteiger partial charge >= 0.3 is 0 Å². The Morgan fingerprint density at radius 2 is 2.43 bits per heavy atom. The van der Waals surface area contributed by atoms with E-state index in [2.05, 4.69) is 15.6 Å². The van der Waals surface area contributed by atoms with E-state index < -0.39 is 0 Å². The molecule has 110 valence electrons. The Labute approximate surface area is 122 Å². The Balaban J connectivity index is 1.75. The molecule has 1 aromatic carbocycles. The van der Waals surface area contributed by atoms with Crippen molar-refractivity contribution in [3.05, 3.63) is 30.9 Å². The second-order valence-electron chi connectivity index (χ2n) is 5.08. The average molecular weight is 287 g/mol. The molecule has 1 unspecified atom stereocenters. The zero-order valence-electron chi connectivity index (χ0n) is 11.7. The van der Waals surface area contributed by atoms with Gasteiger partial charge in [0, 0.05) is 31.0 Å². The molecule has 1 aromatic heterocycles. The van der Waals surface area contributed by atoms with E-state index in [1.165, 1.54) is 0 Å². The van der Waals surface area contributed by atoms with E-state index in [1.54, 1.807) is 24.7 Å². The zero-order chi connectivity index (χ0) is 14.8. The highest BCUT2D eigenvalue weighted by Crippen LogP contribution is 2.35. The number of hydrogen-bond acceptors (Lipinski definition) is 5. The number of imidazole rings is 1. The highest BCUT2D eigenvalue weighted by atomic mass is 16.5. The van der Waals surface area contributed by atoms with Gasteiger partial charge < -0.3 is 25.7 Å². The lowest BCUT2D eigenvalue weighted by atomic mass is 10.2. The first kappa shape index (κ1) is 13.3. The van der Waals surface area contributed by atoms with Crippen LogP contribution in [0.3, 0.4) is 0 Å². The van der Waals surface area contributed by atoms with E-state index in [0.717, 1.165) is 12.2 Å². The van der Waals surface area contributed by atoms with E-state index >= 15 is 0 Å². The number of nitrogens with two attached hydrogens (primary N) is 1. The molecule has 1 aliphatic rings. The number of carbonyl (C=O) groups is 1. The van der Waals surface area contributed by atoms with Crippen molar-refractivity contribution in [2.24, 2.45) is 0 Å². The van der Waals surface area contributed by atoms with Gasteiger partial charge in [0.15, 0.2) is 6.61 Å². The second-order valence-corrected chi connectivity index (χ2v) is 5.08. The zero-order valence-corrected chi connectivity index (χ0v) is 11.7. The molecule has 0 fully saturated rings. The Hall–Kier alpha value is -2.70. The summed E-state index contributed by atoms with van der Waals surface area (Å²) in [7, 11) is 0. The summed E-state index contributed by atoms with van der Waals surface area (Å²) >= 11 is 0. The van der Waals surface area contributed by atoms with Crippen molar-refractivity contribution < 1.29 is 9.53 Å². The van der Waals surface area contributed by atoms with Crippen LogP contribution in [0.2, 0.25) is 0 Å². The minimum atomic E-state index is -0.162. The second kappa shape index (κ2) is 5.35. The average Bonchev–Trinajstić information content (AvgIpc) is 2.93. The Morgan fingerprint density at radius 1 is 1.57 bits per heavy atom. The number of rotatable bonds is 4. The van der Waals surface area contributed by atoms with E-state index in [-0.39, 0.29) is 18.6 Å². The van der Waals surface area contributed by atoms with Crippen LogP contribution in [0.5, 0.6) is 5.75 Å². The molecule has 4 N–H and O–H groups in total. The van der Waals surface area contributed by atoms with Crippen molar-refractivity contribution in [1.82, 2.24) is 9.55 Å². The molecule has 0 bridgehead atoms. The molecule has 1 aliphatic heterocycles. The largest absolute Gasteiger partial charge is 0.482 e. The summed E-state index contributed by atoms with van der Waals surface area (Å²) in [6.07, 6.45) is 5.41. The molecule has 0 saturated carbocycles. The predicted molar refractivity (Wildman–Crippen MR) is 80.3 cm³/mol. The van der Waals surface area contributed by atoms with Crippen LogP contribution in [0, 0.1) is 0 Å². The highest BCUT2D eigenvalue weighted by Gasteiger charge is 2.18. The van der Waals surface area contributed by atoms with Crippen molar-refractivity contribution in [2.75, 3.05) is 23.0 Å². The number of nitrogens with zero attached hydrogens (tertiary/aromatic N) is 2. The standard InChI is InChI=1S/C14H17N5O2/c1-9(6-19-3-2-16-8-19)17-11-5-12-13(4-10(11)15)21-7-14(20)18-12/h2-5,8-9,17H,6-7,15H2,1H3,(H,18,20). The predicted octanol–water partition coefficient (Wildman–Crippen LogP) is 1.30. The molecule has 7 nitrogen and oxygen atoms in total. The number of nitrogen functional groups attached to an aromatic ring is 1. The first-order valence-corrected chi connectivity index (χ1v) is 6.70. The van der Waals surface area contributed by atoms with Crippen molar-refractivity contribution in [2.45, 2.75) is 19.5 Å². The summed E-state index contributed by atoms with van der Waals surface area (Å²) < 4.78 is 7.31. The summed E-state index contributed by atoms with van der Waals surface area (Å²) in [6, 6.07) is 3.67. The third kappa shape index (κ3) is 2.91. The number of benzene rings is 1. The van der Waals surface area contributed by atoms with Crippen molar-refractivity contribution >= 4 is 23.0 Å². The number of nitrogens with one attached hydrogen (secondary N) is 2. The molecule has 0 radical (unpaired) electrons. The van der Waals surface area contributed by atoms with Crippen LogP contribution < -0.4 is 21.1 Å². The summed E-state index contributed by atoms with van der Waals surface area (Å²) in [6.45, 7) is 2.84. The molecule has 1 amide bonds. The fourth-order valence-electron chi connectivity index (χ4n) is 2.29. The maximum atomic E-state index is 11.4. The maximum absolute atomic E-state index is 11.4. The molecule has 1 atom stereocenters. The van der Waals surface area contributed by atoms with Crippen LogP contribution in [-0.2, 0) is 11.3 Å². The van der Waals surface area contributed by atoms with Gasteiger partial charge in [0.2, 0.25) is 0 Å². The quantitative estimate of drug-likeness (QED) is 0.737. The van der Waals surface area contributed by atoms with Gasteiger partial charge in [-0.25, -0.2) is 4.98 Å². The summed E-state index contributed by atoms with van der Waals surface area (Å²) in [5, 5.41) is 6.10. The lowest BCUT2D eigenvalue weighted by Crippen LogP contribution is -2.26. The Morgan fingerprint density at radius 3 is 3.19 bits per heavy atom. The number of ether oxygens (including phenoxy) is 1. The molecule has 7 heteroatoms. The number of aromatic nitrogens is 2. The van der Waals surface area contributed by atoms with Crippen LogP contribution >= 0.6 is 0 Å². The van der Waals surface area contributed by atoms with Crippen molar-refractivity contribution in [1.29, 1.82) is 0 Å². The van der Waals surface area contributed by atoms with E-state index in [1.807, 2.05) is 17.7 Å². The van der Waals surface area contributed by atoms with Gasteiger partial charge in [-0.2, -0.15) is 0 Å². The molecule has 0 saturated heterocycles. The first-order valence-electron chi connectivity index (χ1n) is 6.70. The minimum Gasteiger partial charge on any atom is -0.482 e. The fourth-order valence-corrected chi connectivity index (χ4v) is 2.29. The summed E-state index contributed by atoms with van der Waals surface area (Å²) in [5.74, 6) is 0.435. The molecular formula is C14H17N5O2. The molecule has 21 heavy (non-hydrogen) atoms. The molecule has 3 rings (SSSR count). The number of anilines is 3. The number of hydrogen-bond donors (Lipinski definition) is 3. The van der Waals surface area contributed by atoms with Gasteiger partial charge in [0.05, 0.1) is 23.4 Å². The van der Waals surface area contributed by atoms with Gasteiger partial charge in [0.25, 0.3) is 5.91 Å². The third-order valence-electron chi connectivity index (χ3n) is 3.23. The van der Waals surface area contributed by atoms with Crippen LogP contribution in [0.1, 0.15) is 6.92 Å². The van der Waals surface area contributed by atoms with Gasteiger partial charge in [-0.3, -0.25) is 4.79 Å². The maximum Gasteiger partial charge on any atom is 0.262 e. The van der Waals surface area contributed by atoms with E-state index in [4.69, 9.17) is 10.5 Å². The van der Waals surface area contributed by atoms with Gasteiger partial charge in [-0.1, -0.05) is 0 Å². The van der Waals surface area contributed by atoms with Gasteiger partial charge in [0.1, 0.15) is 5.75 Å². The number of carbonyl (C=O) groups excluding carboxylic acids is 1. The monoisotopic (exact) mass is 287 g/mol. The Bertz CT molecular complexity index is 654. The van der Waals surface area contributed by atoms with Crippen LogP contribution in [0.4, 0.5) is 17.1 Å². The van der Waals surface area contributed by atoms with E-state index in [0.29, 0.717) is 17.1 Å². The van der Waals surface area contributed by atoms with Gasteiger partial charge in [-0.05, 0) is 13.0 Å². The smallest absolute Gasteiger partial charge is 0.262 e.